The zero-order valence-electron chi connectivity index (χ0n) is 25.4. The van der Waals surface area contributed by atoms with Gasteiger partial charge in [0.05, 0.1) is 11.6 Å². The number of hydrogen-bond donors (Lipinski definition) is 3. The van der Waals surface area contributed by atoms with Crippen molar-refractivity contribution in [1.29, 1.82) is 0 Å². The second-order valence-electron chi connectivity index (χ2n) is 13.6. The third-order valence-corrected chi connectivity index (χ3v) is 8.03. The van der Waals surface area contributed by atoms with Gasteiger partial charge in [-0.2, -0.15) is 0 Å². The van der Waals surface area contributed by atoms with E-state index in [1.54, 1.807) is 6.26 Å². The Balaban J connectivity index is 2.21. The van der Waals surface area contributed by atoms with E-state index in [4.69, 9.17) is 4.74 Å². The van der Waals surface area contributed by atoms with Crippen molar-refractivity contribution in [1.82, 2.24) is 16.0 Å². The van der Waals surface area contributed by atoms with Crippen LogP contribution in [-0.2, 0) is 9.53 Å². The summed E-state index contributed by atoms with van der Waals surface area (Å²) in [7, 11) is 0. The summed E-state index contributed by atoms with van der Waals surface area (Å²) < 4.78 is 6.25. The van der Waals surface area contributed by atoms with Crippen LogP contribution in [0.3, 0.4) is 0 Å². The van der Waals surface area contributed by atoms with E-state index in [0.717, 1.165) is 83.2 Å². The van der Waals surface area contributed by atoms with E-state index in [1.165, 1.54) is 11.8 Å². The van der Waals surface area contributed by atoms with E-state index in [0.29, 0.717) is 5.78 Å². The highest BCUT2D eigenvalue weighted by Gasteiger charge is 2.44. The summed E-state index contributed by atoms with van der Waals surface area (Å²) in [6, 6.07) is -0.0362. The summed E-state index contributed by atoms with van der Waals surface area (Å²) in [6.45, 7) is 24.0. The summed E-state index contributed by atoms with van der Waals surface area (Å²) in [5.41, 5.74) is 0.807. The van der Waals surface area contributed by atoms with Crippen LogP contribution in [0.15, 0.2) is 12.3 Å². The highest BCUT2D eigenvalue weighted by molar-refractivity contribution is 8.12. The van der Waals surface area contributed by atoms with Crippen LogP contribution in [0.1, 0.15) is 113 Å². The molecule has 7 heteroatoms. The SMILES string of the molecule is C=C(CCC(C)(C)OCCC(C)(C)CCCNC(=O)SC)NCCCCC1NC(C)(C)CC(C)(C)C1=O. The fourth-order valence-corrected chi connectivity index (χ4v) is 5.61. The number of piperidine rings is 1. The first-order valence-electron chi connectivity index (χ1n) is 14.2. The van der Waals surface area contributed by atoms with Gasteiger partial charge in [-0.15, -0.1) is 0 Å². The largest absolute Gasteiger partial charge is 0.389 e. The van der Waals surface area contributed by atoms with Crippen molar-refractivity contribution in [2.24, 2.45) is 10.8 Å². The molecule has 0 aromatic heterocycles. The lowest BCUT2D eigenvalue weighted by Crippen LogP contribution is -2.60. The Kier molecular flexibility index (Phi) is 13.7. The molecule has 6 nitrogen and oxygen atoms in total. The summed E-state index contributed by atoms with van der Waals surface area (Å²) >= 11 is 1.22. The van der Waals surface area contributed by atoms with E-state index in [9.17, 15) is 9.59 Å². The fourth-order valence-electron chi connectivity index (χ4n) is 5.36. The van der Waals surface area contributed by atoms with Gasteiger partial charge in [-0.3, -0.25) is 9.59 Å². The van der Waals surface area contributed by atoms with Crippen LogP contribution >= 0.6 is 11.8 Å². The number of carbonyl (C=O) groups excluding carboxylic acids is 2. The molecule has 216 valence electrons. The molecule has 1 aliphatic heterocycles. The number of nitrogens with one attached hydrogen (secondary N) is 3. The highest BCUT2D eigenvalue weighted by atomic mass is 32.2. The lowest BCUT2D eigenvalue weighted by atomic mass is 9.70. The average molecular weight is 540 g/mol. The minimum Gasteiger partial charge on any atom is -0.389 e. The van der Waals surface area contributed by atoms with Gasteiger partial charge in [0.15, 0.2) is 5.78 Å². The van der Waals surface area contributed by atoms with Crippen LogP contribution in [0.4, 0.5) is 4.79 Å². The number of allylic oxidation sites excluding steroid dienone is 1. The summed E-state index contributed by atoms with van der Waals surface area (Å²) in [6.07, 6.45) is 10.5. The molecule has 1 saturated heterocycles. The van der Waals surface area contributed by atoms with Gasteiger partial charge in [0.1, 0.15) is 0 Å². The van der Waals surface area contributed by atoms with E-state index < -0.39 is 0 Å². The van der Waals surface area contributed by atoms with Crippen molar-refractivity contribution in [3.8, 4) is 0 Å². The molecule has 1 heterocycles. The number of hydrogen-bond acceptors (Lipinski definition) is 6. The number of unbranched alkanes of at least 4 members (excludes halogenated alkanes) is 1. The van der Waals surface area contributed by atoms with Crippen molar-refractivity contribution in [3.63, 3.8) is 0 Å². The molecular weight excluding hydrogens is 482 g/mol. The maximum absolute atomic E-state index is 12.8. The summed E-state index contributed by atoms with van der Waals surface area (Å²) in [5.74, 6) is 0.356. The van der Waals surface area contributed by atoms with E-state index in [1.807, 2.05) is 0 Å². The predicted molar refractivity (Wildman–Crippen MR) is 159 cm³/mol. The molecule has 0 bridgehead atoms. The molecule has 1 aliphatic rings. The van der Waals surface area contributed by atoms with Crippen LogP contribution in [0, 0.1) is 10.8 Å². The minimum absolute atomic E-state index is 0.00587. The molecule has 1 rings (SSSR count). The molecule has 1 fully saturated rings. The van der Waals surface area contributed by atoms with Crippen molar-refractivity contribution < 1.29 is 14.3 Å². The summed E-state index contributed by atoms with van der Waals surface area (Å²) in [4.78, 5) is 24.1. The van der Waals surface area contributed by atoms with E-state index in [-0.39, 0.29) is 33.3 Å². The van der Waals surface area contributed by atoms with Crippen molar-refractivity contribution in [2.45, 2.75) is 130 Å². The molecule has 1 atom stereocenters. The Morgan fingerprint density at radius 2 is 1.70 bits per heavy atom. The Morgan fingerprint density at radius 3 is 2.35 bits per heavy atom. The number of thioether (sulfide) groups is 1. The molecule has 37 heavy (non-hydrogen) atoms. The monoisotopic (exact) mass is 539 g/mol. The van der Waals surface area contributed by atoms with E-state index >= 15 is 0 Å². The second-order valence-corrected chi connectivity index (χ2v) is 14.4. The van der Waals surface area contributed by atoms with Crippen LogP contribution < -0.4 is 16.0 Å². The van der Waals surface area contributed by atoms with Gasteiger partial charge in [0.25, 0.3) is 5.24 Å². The van der Waals surface area contributed by atoms with Gasteiger partial charge in [-0.1, -0.05) is 46.0 Å². The third kappa shape index (κ3) is 14.1. The number of Topliss-reactive ketones (excluding diaryl/α,β-unsaturated/α-hetero) is 1. The molecule has 0 aromatic rings. The number of carbonyl (C=O) groups is 2. The number of ketones is 1. The Labute approximate surface area is 232 Å². The molecule has 1 amide bonds. The molecule has 0 aliphatic carbocycles. The normalized spacial score (nSPS) is 19.5. The fraction of sp³-hybridized carbons (Fsp3) is 0.867. The van der Waals surface area contributed by atoms with Crippen molar-refractivity contribution in [2.75, 3.05) is 26.0 Å². The molecular formula is C30H57N3O3S. The van der Waals surface area contributed by atoms with Gasteiger partial charge < -0.3 is 20.7 Å². The van der Waals surface area contributed by atoms with Crippen molar-refractivity contribution in [3.05, 3.63) is 12.3 Å². The smallest absolute Gasteiger partial charge is 0.278 e. The third-order valence-electron chi connectivity index (χ3n) is 7.51. The lowest BCUT2D eigenvalue weighted by molar-refractivity contribution is -0.134. The van der Waals surface area contributed by atoms with Gasteiger partial charge >= 0.3 is 0 Å². The van der Waals surface area contributed by atoms with Gasteiger partial charge in [-0.25, -0.2) is 0 Å². The quantitative estimate of drug-likeness (QED) is 0.176. The maximum Gasteiger partial charge on any atom is 0.278 e. The van der Waals surface area contributed by atoms with E-state index in [2.05, 4.69) is 77.9 Å². The van der Waals surface area contributed by atoms with Crippen LogP contribution in [0.5, 0.6) is 0 Å². The zero-order valence-corrected chi connectivity index (χ0v) is 26.2. The second kappa shape index (κ2) is 14.9. The first-order chi connectivity index (χ1) is 17.0. The lowest BCUT2D eigenvalue weighted by Gasteiger charge is -2.44. The molecule has 3 N–H and O–H groups in total. The predicted octanol–water partition coefficient (Wildman–Crippen LogP) is 6.84. The Bertz CT molecular complexity index is 746. The summed E-state index contributed by atoms with van der Waals surface area (Å²) in [5, 5.41) is 9.99. The van der Waals surface area contributed by atoms with Crippen molar-refractivity contribution >= 4 is 22.8 Å². The Hall–Kier alpha value is -1.05. The van der Waals surface area contributed by atoms with Gasteiger partial charge in [0, 0.05) is 36.3 Å². The highest BCUT2D eigenvalue weighted by Crippen LogP contribution is 2.35. The van der Waals surface area contributed by atoms with Gasteiger partial charge in [0.2, 0.25) is 0 Å². The van der Waals surface area contributed by atoms with Crippen LogP contribution in [-0.4, -0.2) is 54.2 Å². The molecule has 0 aromatic carbocycles. The number of rotatable bonds is 17. The topological polar surface area (TPSA) is 79.5 Å². The first-order valence-corrected chi connectivity index (χ1v) is 15.4. The maximum atomic E-state index is 12.8. The first kappa shape index (κ1) is 34.0. The molecule has 0 radical (unpaired) electrons. The zero-order chi connectivity index (χ0) is 28.3. The van der Waals surface area contributed by atoms with Crippen LogP contribution in [0.25, 0.3) is 0 Å². The Morgan fingerprint density at radius 1 is 1.05 bits per heavy atom. The number of amides is 1. The number of ether oxygens (including phenoxy) is 1. The van der Waals surface area contributed by atoms with Crippen LogP contribution in [0.2, 0.25) is 0 Å². The van der Waals surface area contributed by atoms with Gasteiger partial charge in [-0.05, 0) is 97.2 Å². The molecule has 0 spiro atoms. The molecule has 1 unspecified atom stereocenters. The standard InChI is InChI=1S/C30H57N3O3S/c1-23(31-19-12-11-14-24-25(34)28(4,5)22-29(6,7)33-24)15-17-30(8,9)36-21-18-27(2,3)16-13-20-32-26(35)37-10/h24,31,33H,1,11-22H2,2-10H3,(H,32,35). The minimum atomic E-state index is -0.247. The molecule has 0 saturated carbocycles. The average Bonchev–Trinajstić information content (AvgIpc) is 2.77.